The number of nitrogens with one attached hydrogen (secondary N) is 1. The minimum absolute atomic E-state index is 0. The maximum atomic E-state index is 11.4. The van der Waals surface area contributed by atoms with E-state index in [1.807, 2.05) is 6.92 Å². The van der Waals surface area contributed by atoms with Crippen LogP contribution >= 0.6 is 0 Å². The summed E-state index contributed by atoms with van der Waals surface area (Å²) in [5, 5.41) is 2.90. The van der Waals surface area contributed by atoms with Crippen LogP contribution in [0.4, 0.5) is 0 Å². The molecule has 0 bridgehead atoms. The van der Waals surface area contributed by atoms with Crippen molar-refractivity contribution in [1.29, 1.82) is 0 Å². The number of amides is 1. The molecule has 0 aliphatic carbocycles. The van der Waals surface area contributed by atoms with E-state index in [0.29, 0.717) is 0 Å². The van der Waals surface area contributed by atoms with E-state index in [1.54, 1.807) is 0 Å². The minimum Gasteiger partial charge on any atom is -0.377 e. The van der Waals surface area contributed by atoms with Crippen molar-refractivity contribution in [3.8, 4) is 0 Å². The monoisotopic (exact) mass is 457 g/mol. The standard InChI is InChI=1S/C29H56NO.Na/c1-5-7-8-9-10-11-12-13-14-15-16-17-18-19-20-21-22-23-24-25-26-27-29(3,4)30-28(31)6-2;/h6H,2-3,5,7-27H2,1,4H3,(H,30,31);/q-1;+1. The van der Waals surface area contributed by atoms with Crippen molar-refractivity contribution in [3.05, 3.63) is 19.6 Å². The van der Waals surface area contributed by atoms with Gasteiger partial charge in [-0.05, 0) is 6.08 Å². The number of unbranched alkanes of at least 4 members (excludes halogenated alkanes) is 20. The molecular formula is C29H56NNaO. The van der Waals surface area contributed by atoms with Gasteiger partial charge in [-0.1, -0.05) is 167 Å². The van der Waals surface area contributed by atoms with Crippen LogP contribution in [0.25, 0.3) is 0 Å². The molecule has 0 saturated heterocycles. The SMILES string of the molecule is C=CC(=O)NC([CH2-])(C)CCCCCCCCCCCCCCCCCCCCCCC.[Na+]. The first-order valence-corrected chi connectivity index (χ1v) is 13.8. The molecule has 0 aromatic rings. The van der Waals surface area contributed by atoms with Crippen LogP contribution in [0, 0.1) is 6.92 Å². The van der Waals surface area contributed by atoms with Crippen LogP contribution < -0.4 is 34.9 Å². The average molecular weight is 458 g/mol. The number of hydrogen-bond donors (Lipinski definition) is 1. The molecule has 0 fully saturated rings. The second-order valence-corrected chi connectivity index (χ2v) is 10.1. The Morgan fingerprint density at radius 2 is 0.969 bits per heavy atom. The number of carbonyl (C=O) groups excluding carboxylic acids is 1. The second kappa shape index (κ2) is 25.8. The van der Waals surface area contributed by atoms with E-state index >= 15 is 0 Å². The van der Waals surface area contributed by atoms with Gasteiger partial charge in [0.2, 0.25) is 5.91 Å². The Morgan fingerprint density at radius 1 is 0.688 bits per heavy atom. The topological polar surface area (TPSA) is 29.1 Å². The average Bonchev–Trinajstić information content (AvgIpc) is 2.74. The molecule has 3 heteroatoms. The van der Waals surface area contributed by atoms with Gasteiger partial charge < -0.3 is 12.2 Å². The first kappa shape index (κ1) is 34.4. The third-order valence-corrected chi connectivity index (χ3v) is 6.44. The Morgan fingerprint density at radius 3 is 1.25 bits per heavy atom. The van der Waals surface area contributed by atoms with Crippen molar-refractivity contribution in [3.63, 3.8) is 0 Å². The Labute approximate surface area is 224 Å². The molecule has 32 heavy (non-hydrogen) atoms. The molecule has 2 nitrogen and oxygen atoms in total. The van der Waals surface area contributed by atoms with Crippen LogP contribution in [-0.4, -0.2) is 11.4 Å². The molecule has 0 aromatic carbocycles. The number of rotatable bonds is 24. The molecule has 0 heterocycles. The smallest absolute Gasteiger partial charge is 0.377 e. The second-order valence-electron chi connectivity index (χ2n) is 10.1. The van der Waals surface area contributed by atoms with Gasteiger partial charge in [-0.2, -0.15) is 0 Å². The fourth-order valence-corrected chi connectivity index (χ4v) is 4.36. The normalized spacial score (nSPS) is 12.7. The molecule has 1 N–H and O–H groups in total. The zero-order valence-corrected chi connectivity index (χ0v) is 24.5. The van der Waals surface area contributed by atoms with Crippen LogP contribution in [0.2, 0.25) is 0 Å². The maximum absolute atomic E-state index is 11.4. The molecule has 0 aliphatic heterocycles. The molecule has 0 aliphatic rings. The van der Waals surface area contributed by atoms with Crippen LogP contribution in [-0.2, 0) is 4.79 Å². The van der Waals surface area contributed by atoms with E-state index in [9.17, 15) is 4.79 Å². The summed E-state index contributed by atoms with van der Waals surface area (Å²) in [6.45, 7) is 11.9. The van der Waals surface area contributed by atoms with Gasteiger partial charge >= 0.3 is 29.6 Å². The first-order valence-electron chi connectivity index (χ1n) is 13.8. The van der Waals surface area contributed by atoms with Crippen molar-refractivity contribution in [2.45, 2.75) is 161 Å². The zero-order valence-electron chi connectivity index (χ0n) is 22.5. The van der Waals surface area contributed by atoms with Crippen molar-refractivity contribution < 1.29 is 34.4 Å². The summed E-state index contributed by atoms with van der Waals surface area (Å²) in [5.41, 5.74) is -0.362. The van der Waals surface area contributed by atoms with E-state index in [4.69, 9.17) is 0 Å². The summed E-state index contributed by atoms with van der Waals surface area (Å²) >= 11 is 0. The van der Waals surface area contributed by atoms with E-state index in [1.165, 1.54) is 134 Å². The Hall–Kier alpha value is 0.210. The third-order valence-electron chi connectivity index (χ3n) is 6.44. The predicted molar refractivity (Wildman–Crippen MR) is 139 cm³/mol. The number of carbonyl (C=O) groups is 1. The van der Waals surface area contributed by atoms with E-state index in [0.717, 1.165) is 12.8 Å². The van der Waals surface area contributed by atoms with Gasteiger partial charge in [0, 0.05) is 0 Å². The Kier molecular flexibility index (Phi) is 27.7. The predicted octanol–water partition coefficient (Wildman–Crippen LogP) is 6.49. The molecule has 1 unspecified atom stereocenters. The fourth-order valence-electron chi connectivity index (χ4n) is 4.36. The number of hydrogen-bond acceptors (Lipinski definition) is 1. The molecule has 0 spiro atoms. The fraction of sp³-hybridized carbons (Fsp3) is 0.862. The van der Waals surface area contributed by atoms with Crippen LogP contribution in [0.15, 0.2) is 12.7 Å². The molecule has 184 valence electrons. The summed E-state index contributed by atoms with van der Waals surface area (Å²) in [6.07, 6.45) is 31.7. The molecule has 0 saturated carbocycles. The quantitative estimate of drug-likeness (QED) is 0.0763. The summed E-state index contributed by atoms with van der Waals surface area (Å²) in [5.74, 6) is -0.124. The largest absolute Gasteiger partial charge is 1.00 e. The zero-order chi connectivity index (χ0) is 23.0. The van der Waals surface area contributed by atoms with Gasteiger partial charge in [0.05, 0.1) is 0 Å². The van der Waals surface area contributed by atoms with Gasteiger partial charge in [0.25, 0.3) is 0 Å². The Balaban J connectivity index is 0. The summed E-state index contributed by atoms with van der Waals surface area (Å²) in [6, 6.07) is 0. The molecule has 1 amide bonds. The summed E-state index contributed by atoms with van der Waals surface area (Å²) < 4.78 is 0. The first-order chi connectivity index (χ1) is 15.0. The summed E-state index contributed by atoms with van der Waals surface area (Å²) in [4.78, 5) is 11.4. The molecular weight excluding hydrogens is 401 g/mol. The van der Waals surface area contributed by atoms with Gasteiger partial charge in [-0.3, -0.25) is 4.79 Å². The Bertz CT molecular complexity index is 408. The van der Waals surface area contributed by atoms with Gasteiger partial charge in [0.15, 0.2) is 0 Å². The van der Waals surface area contributed by atoms with Crippen LogP contribution in [0.5, 0.6) is 0 Å². The van der Waals surface area contributed by atoms with Gasteiger partial charge in [-0.15, -0.1) is 0 Å². The van der Waals surface area contributed by atoms with Crippen molar-refractivity contribution in [2.24, 2.45) is 0 Å². The van der Waals surface area contributed by atoms with Crippen LogP contribution in [0.1, 0.15) is 155 Å². The molecule has 0 aromatic heterocycles. The van der Waals surface area contributed by atoms with Crippen molar-refractivity contribution in [1.82, 2.24) is 5.32 Å². The van der Waals surface area contributed by atoms with Crippen molar-refractivity contribution >= 4 is 5.91 Å². The van der Waals surface area contributed by atoms with Gasteiger partial charge in [-0.25, -0.2) is 0 Å². The van der Waals surface area contributed by atoms with E-state index in [2.05, 4.69) is 25.7 Å². The molecule has 1 atom stereocenters. The maximum Gasteiger partial charge on any atom is 1.00 e. The molecule has 0 rings (SSSR count). The van der Waals surface area contributed by atoms with Crippen molar-refractivity contribution in [2.75, 3.05) is 0 Å². The van der Waals surface area contributed by atoms with E-state index in [-0.39, 0.29) is 41.0 Å². The van der Waals surface area contributed by atoms with Gasteiger partial charge in [0.1, 0.15) is 0 Å². The van der Waals surface area contributed by atoms with E-state index < -0.39 is 0 Å². The third kappa shape index (κ3) is 26.5. The summed E-state index contributed by atoms with van der Waals surface area (Å²) in [7, 11) is 0. The molecule has 0 radical (unpaired) electrons. The minimum atomic E-state index is -0.362. The van der Waals surface area contributed by atoms with Crippen LogP contribution in [0.3, 0.4) is 0 Å².